The molecule has 0 saturated carbocycles. The predicted molar refractivity (Wildman–Crippen MR) is 79.0 cm³/mol. The Balaban J connectivity index is 0.00000162. The molecule has 18 heavy (non-hydrogen) atoms. The van der Waals surface area contributed by atoms with Crippen LogP contribution in [-0.2, 0) is 11.2 Å². The Bertz CT molecular complexity index is 376. The van der Waals surface area contributed by atoms with Crippen molar-refractivity contribution in [2.24, 2.45) is 0 Å². The topological polar surface area (TPSA) is 32.3 Å². The highest BCUT2D eigenvalue weighted by Gasteiger charge is 2.15. The highest BCUT2D eigenvalue weighted by Crippen LogP contribution is 2.22. The van der Waals surface area contributed by atoms with Gasteiger partial charge in [-0.25, -0.2) is 0 Å². The highest BCUT2D eigenvalue weighted by molar-refractivity contribution is 7.16. The van der Waals surface area contributed by atoms with Gasteiger partial charge in [0.15, 0.2) is 0 Å². The van der Waals surface area contributed by atoms with Crippen molar-refractivity contribution in [1.29, 1.82) is 0 Å². The molecular formula is C12H18Cl2N2OS. The summed E-state index contributed by atoms with van der Waals surface area (Å²) in [6, 6.07) is 3.89. The van der Waals surface area contributed by atoms with Crippen LogP contribution in [0, 0.1) is 0 Å². The molecule has 0 unspecified atom stereocenters. The minimum absolute atomic E-state index is 0. The lowest BCUT2D eigenvalue weighted by molar-refractivity contribution is -0.130. The predicted octanol–water partition coefficient (Wildman–Crippen LogP) is 2.58. The van der Waals surface area contributed by atoms with Gasteiger partial charge in [0.25, 0.3) is 0 Å². The first-order valence-electron chi connectivity index (χ1n) is 5.98. The number of hydrogen-bond donors (Lipinski definition) is 1. The Morgan fingerprint density at radius 2 is 2.22 bits per heavy atom. The molecule has 0 bridgehead atoms. The number of nitrogens with one attached hydrogen (secondary N) is 1. The number of aryl methyl sites for hydroxylation is 1. The van der Waals surface area contributed by atoms with Crippen molar-refractivity contribution < 1.29 is 4.79 Å². The van der Waals surface area contributed by atoms with E-state index in [0.29, 0.717) is 6.42 Å². The van der Waals surface area contributed by atoms with Crippen LogP contribution in [0.15, 0.2) is 12.1 Å². The van der Waals surface area contributed by atoms with Crippen LogP contribution < -0.4 is 5.32 Å². The van der Waals surface area contributed by atoms with E-state index >= 15 is 0 Å². The molecule has 1 aromatic heterocycles. The molecule has 1 saturated heterocycles. The number of carbonyl (C=O) groups excluding carboxylic acids is 1. The van der Waals surface area contributed by atoms with Crippen LogP contribution in [-0.4, -0.2) is 37.0 Å². The summed E-state index contributed by atoms with van der Waals surface area (Å²) in [5.41, 5.74) is 0. The van der Waals surface area contributed by atoms with Crippen molar-refractivity contribution in [3.05, 3.63) is 21.3 Å². The van der Waals surface area contributed by atoms with Crippen LogP contribution >= 0.6 is 35.3 Å². The zero-order valence-electron chi connectivity index (χ0n) is 10.2. The maximum Gasteiger partial charge on any atom is 0.222 e. The van der Waals surface area contributed by atoms with Gasteiger partial charge in [0, 0.05) is 30.9 Å². The van der Waals surface area contributed by atoms with Gasteiger partial charge in [0.2, 0.25) is 5.91 Å². The maximum absolute atomic E-state index is 12.0. The minimum Gasteiger partial charge on any atom is -0.341 e. The Hall–Kier alpha value is -0.290. The quantitative estimate of drug-likeness (QED) is 0.931. The number of hydrogen-bond acceptors (Lipinski definition) is 3. The van der Waals surface area contributed by atoms with Crippen molar-refractivity contribution in [2.75, 3.05) is 26.2 Å². The summed E-state index contributed by atoms with van der Waals surface area (Å²) in [5, 5.41) is 3.30. The fourth-order valence-corrected chi connectivity index (χ4v) is 3.06. The van der Waals surface area contributed by atoms with Gasteiger partial charge in [-0.1, -0.05) is 11.6 Å². The first-order chi connectivity index (χ1) is 8.25. The van der Waals surface area contributed by atoms with Crippen LogP contribution in [0.3, 0.4) is 0 Å². The summed E-state index contributed by atoms with van der Waals surface area (Å²) >= 11 is 7.42. The van der Waals surface area contributed by atoms with Gasteiger partial charge in [-0.3, -0.25) is 4.79 Å². The van der Waals surface area contributed by atoms with Gasteiger partial charge >= 0.3 is 0 Å². The van der Waals surface area contributed by atoms with E-state index in [-0.39, 0.29) is 18.3 Å². The lowest BCUT2D eigenvalue weighted by Gasteiger charge is -2.19. The van der Waals surface area contributed by atoms with E-state index in [2.05, 4.69) is 5.32 Å². The van der Waals surface area contributed by atoms with Crippen molar-refractivity contribution in [2.45, 2.75) is 19.3 Å². The van der Waals surface area contributed by atoms with Crippen LogP contribution in [0.4, 0.5) is 0 Å². The molecule has 2 rings (SSSR count). The number of thiophene rings is 1. The van der Waals surface area contributed by atoms with E-state index in [1.54, 1.807) is 11.3 Å². The summed E-state index contributed by atoms with van der Waals surface area (Å²) in [4.78, 5) is 15.2. The monoisotopic (exact) mass is 308 g/mol. The molecule has 0 radical (unpaired) electrons. The molecular weight excluding hydrogens is 291 g/mol. The summed E-state index contributed by atoms with van der Waals surface area (Å²) in [7, 11) is 0. The van der Waals surface area contributed by atoms with Crippen molar-refractivity contribution in [3.63, 3.8) is 0 Å². The zero-order valence-corrected chi connectivity index (χ0v) is 12.5. The van der Waals surface area contributed by atoms with Gasteiger partial charge in [-0.05, 0) is 31.5 Å². The van der Waals surface area contributed by atoms with E-state index in [1.807, 2.05) is 17.0 Å². The van der Waals surface area contributed by atoms with Gasteiger partial charge < -0.3 is 10.2 Å². The summed E-state index contributed by atoms with van der Waals surface area (Å²) < 4.78 is 0.798. The third-order valence-electron chi connectivity index (χ3n) is 2.91. The molecule has 0 spiro atoms. The maximum atomic E-state index is 12.0. The summed E-state index contributed by atoms with van der Waals surface area (Å²) in [6.07, 6.45) is 2.45. The van der Waals surface area contributed by atoms with Gasteiger partial charge in [-0.2, -0.15) is 0 Å². The van der Waals surface area contributed by atoms with Crippen molar-refractivity contribution in [1.82, 2.24) is 10.2 Å². The molecule has 1 amide bonds. The molecule has 102 valence electrons. The number of carbonyl (C=O) groups is 1. The van der Waals surface area contributed by atoms with Crippen LogP contribution in [0.2, 0.25) is 4.34 Å². The minimum atomic E-state index is 0. The second-order valence-corrected chi connectivity index (χ2v) is 5.99. The fraction of sp³-hybridized carbons (Fsp3) is 0.583. The summed E-state index contributed by atoms with van der Waals surface area (Å²) in [6.45, 7) is 3.65. The molecule has 1 aromatic rings. The molecule has 0 aromatic carbocycles. The second-order valence-electron chi connectivity index (χ2n) is 4.19. The Kier molecular flexibility index (Phi) is 7.00. The smallest absolute Gasteiger partial charge is 0.222 e. The third kappa shape index (κ3) is 4.76. The Labute approximate surface area is 123 Å². The molecule has 1 fully saturated rings. The summed E-state index contributed by atoms with van der Waals surface area (Å²) in [5.74, 6) is 0.262. The molecule has 2 heterocycles. The first-order valence-corrected chi connectivity index (χ1v) is 7.18. The van der Waals surface area contributed by atoms with E-state index in [0.717, 1.165) is 43.4 Å². The number of nitrogens with zero attached hydrogens (tertiary/aromatic N) is 1. The standard InChI is InChI=1S/C12H17ClN2OS.ClH/c13-11-4-2-10(17-11)3-5-12(16)15-8-1-6-14-7-9-15;/h2,4,14H,1,3,5-9H2;1H. The molecule has 3 nitrogen and oxygen atoms in total. The number of amides is 1. The van der Waals surface area contributed by atoms with Crippen LogP contribution in [0.25, 0.3) is 0 Å². The van der Waals surface area contributed by atoms with E-state index in [1.165, 1.54) is 4.88 Å². The second kappa shape index (κ2) is 8.00. The number of rotatable bonds is 3. The molecule has 1 aliphatic rings. The highest BCUT2D eigenvalue weighted by atomic mass is 35.5. The number of halogens is 2. The van der Waals surface area contributed by atoms with Gasteiger partial charge in [0.1, 0.15) is 0 Å². The van der Waals surface area contributed by atoms with Gasteiger partial charge in [-0.15, -0.1) is 23.7 Å². The average molecular weight is 309 g/mol. The van der Waals surface area contributed by atoms with Crippen LogP contribution in [0.1, 0.15) is 17.7 Å². The van der Waals surface area contributed by atoms with Crippen molar-refractivity contribution in [3.8, 4) is 0 Å². The zero-order chi connectivity index (χ0) is 12.1. The largest absolute Gasteiger partial charge is 0.341 e. The van der Waals surface area contributed by atoms with Crippen molar-refractivity contribution >= 4 is 41.3 Å². The Morgan fingerprint density at radius 3 is 2.94 bits per heavy atom. The molecule has 1 N–H and O–H groups in total. The lowest BCUT2D eigenvalue weighted by Crippen LogP contribution is -2.34. The van der Waals surface area contributed by atoms with Crippen LogP contribution in [0.5, 0.6) is 0 Å². The van der Waals surface area contributed by atoms with Gasteiger partial charge in [0.05, 0.1) is 4.34 Å². The normalized spacial score (nSPS) is 15.9. The fourth-order valence-electron chi connectivity index (χ4n) is 1.97. The van der Waals surface area contributed by atoms with E-state index < -0.39 is 0 Å². The molecule has 6 heteroatoms. The first kappa shape index (κ1) is 15.8. The lowest BCUT2D eigenvalue weighted by atomic mass is 10.2. The molecule has 0 atom stereocenters. The average Bonchev–Trinajstić information content (AvgIpc) is 2.58. The molecule has 0 aliphatic carbocycles. The SMILES string of the molecule is Cl.O=C(CCc1ccc(Cl)s1)N1CCCNCC1. The van der Waals surface area contributed by atoms with E-state index in [4.69, 9.17) is 11.6 Å². The molecule has 1 aliphatic heterocycles. The Morgan fingerprint density at radius 1 is 1.39 bits per heavy atom. The van der Waals surface area contributed by atoms with E-state index in [9.17, 15) is 4.79 Å². The third-order valence-corrected chi connectivity index (χ3v) is 4.20.